The molecule has 0 saturated carbocycles. The number of aromatic nitrogens is 1. The van der Waals surface area contributed by atoms with Crippen molar-refractivity contribution >= 4 is 21.8 Å². The smallest absolute Gasteiger partial charge is 0.251 e. The molecule has 0 spiro atoms. The van der Waals surface area contributed by atoms with Crippen molar-refractivity contribution in [2.75, 3.05) is 13.2 Å². The number of nitrogens with one attached hydrogen (secondary N) is 1. The van der Waals surface area contributed by atoms with Gasteiger partial charge in [-0.15, -0.1) is 0 Å². The van der Waals surface area contributed by atoms with Gasteiger partial charge in [-0.2, -0.15) is 0 Å². The van der Waals surface area contributed by atoms with Crippen molar-refractivity contribution in [1.29, 1.82) is 0 Å². The summed E-state index contributed by atoms with van der Waals surface area (Å²) in [4.78, 5) is 15.9. The lowest BCUT2D eigenvalue weighted by molar-refractivity contribution is 0.0851. The maximum atomic E-state index is 11.9. The Hall–Kier alpha value is -0.940. The maximum absolute atomic E-state index is 11.9. The molecule has 5 heteroatoms. The zero-order valence-corrected chi connectivity index (χ0v) is 12.3. The number of aliphatic hydroxyl groups excluding tert-OH is 1. The van der Waals surface area contributed by atoms with Crippen LogP contribution in [0, 0.1) is 5.41 Å². The number of halogens is 1. The average Bonchev–Trinajstić information content (AvgIpc) is 2.40. The molecule has 1 aromatic rings. The summed E-state index contributed by atoms with van der Waals surface area (Å²) in [6.45, 7) is 4.61. The van der Waals surface area contributed by atoms with E-state index in [0.29, 0.717) is 16.7 Å². The molecule has 4 nitrogen and oxygen atoms in total. The molecule has 1 rings (SSSR count). The third-order valence-electron chi connectivity index (χ3n) is 3.45. The van der Waals surface area contributed by atoms with Gasteiger partial charge in [0.1, 0.15) is 4.60 Å². The summed E-state index contributed by atoms with van der Waals surface area (Å²) in [7, 11) is 0. The fourth-order valence-electron chi connectivity index (χ4n) is 1.69. The first-order chi connectivity index (χ1) is 8.56. The van der Waals surface area contributed by atoms with E-state index in [-0.39, 0.29) is 17.9 Å². The summed E-state index contributed by atoms with van der Waals surface area (Å²) in [6.07, 6.45) is 3.25. The number of rotatable bonds is 6. The van der Waals surface area contributed by atoms with Crippen LogP contribution < -0.4 is 5.32 Å². The van der Waals surface area contributed by atoms with E-state index in [4.69, 9.17) is 0 Å². The Morgan fingerprint density at radius 1 is 1.50 bits per heavy atom. The Labute approximate surface area is 116 Å². The lowest BCUT2D eigenvalue weighted by Crippen LogP contribution is -2.39. The molecule has 0 aliphatic carbocycles. The first-order valence-corrected chi connectivity index (χ1v) is 6.87. The standard InChI is InChI=1S/C13H19BrN2O2/c1-3-13(4-2,9-17)8-16-12(18)10-5-6-15-11(14)7-10/h5-7,17H,3-4,8-9H2,1-2H3,(H,16,18). The second-order valence-corrected chi connectivity index (χ2v) is 5.23. The number of nitrogens with zero attached hydrogens (tertiary/aromatic N) is 1. The zero-order valence-electron chi connectivity index (χ0n) is 10.7. The van der Waals surface area contributed by atoms with E-state index in [1.54, 1.807) is 18.3 Å². The van der Waals surface area contributed by atoms with Gasteiger partial charge in [-0.25, -0.2) is 4.98 Å². The molecule has 0 saturated heterocycles. The Morgan fingerprint density at radius 3 is 2.67 bits per heavy atom. The number of pyridine rings is 1. The first kappa shape index (κ1) is 15.1. The molecule has 0 aliphatic rings. The molecular weight excluding hydrogens is 296 g/mol. The lowest BCUT2D eigenvalue weighted by atomic mass is 9.83. The van der Waals surface area contributed by atoms with Crippen LogP contribution in [-0.2, 0) is 0 Å². The van der Waals surface area contributed by atoms with Crippen LogP contribution in [0.2, 0.25) is 0 Å². The maximum Gasteiger partial charge on any atom is 0.251 e. The number of amides is 1. The second-order valence-electron chi connectivity index (χ2n) is 4.42. The van der Waals surface area contributed by atoms with E-state index >= 15 is 0 Å². The SMILES string of the molecule is CCC(CC)(CO)CNC(=O)c1ccnc(Br)c1. The highest BCUT2D eigenvalue weighted by molar-refractivity contribution is 9.10. The van der Waals surface area contributed by atoms with E-state index in [2.05, 4.69) is 26.2 Å². The van der Waals surface area contributed by atoms with Crippen LogP contribution in [0.5, 0.6) is 0 Å². The molecule has 0 fully saturated rings. The quantitative estimate of drug-likeness (QED) is 0.792. The molecule has 0 bridgehead atoms. The number of carbonyl (C=O) groups excluding carboxylic acids is 1. The predicted molar refractivity (Wildman–Crippen MR) is 74.4 cm³/mol. The van der Waals surface area contributed by atoms with Crippen molar-refractivity contribution in [3.8, 4) is 0 Å². The molecule has 1 amide bonds. The molecule has 2 N–H and O–H groups in total. The van der Waals surface area contributed by atoms with Gasteiger partial charge in [0.15, 0.2) is 0 Å². The van der Waals surface area contributed by atoms with E-state index < -0.39 is 0 Å². The van der Waals surface area contributed by atoms with E-state index in [1.807, 2.05) is 13.8 Å². The molecule has 100 valence electrons. The van der Waals surface area contributed by atoms with Crippen LogP contribution in [0.1, 0.15) is 37.0 Å². The van der Waals surface area contributed by atoms with Crippen molar-refractivity contribution in [3.63, 3.8) is 0 Å². The van der Waals surface area contributed by atoms with Crippen LogP contribution in [0.25, 0.3) is 0 Å². The van der Waals surface area contributed by atoms with E-state index in [9.17, 15) is 9.90 Å². The number of hydrogen-bond acceptors (Lipinski definition) is 3. The van der Waals surface area contributed by atoms with Gasteiger partial charge in [0.25, 0.3) is 5.91 Å². The Balaban J connectivity index is 2.66. The van der Waals surface area contributed by atoms with Crippen LogP contribution in [-0.4, -0.2) is 29.1 Å². The van der Waals surface area contributed by atoms with Gasteiger partial charge in [0.2, 0.25) is 0 Å². The van der Waals surface area contributed by atoms with Crippen LogP contribution in [0.3, 0.4) is 0 Å². The Bertz CT molecular complexity index is 397. The molecule has 0 unspecified atom stereocenters. The molecule has 0 atom stereocenters. The molecule has 0 radical (unpaired) electrons. The van der Waals surface area contributed by atoms with Crippen molar-refractivity contribution in [1.82, 2.24) is 10.3 Å². The fourth-order valence-corrected chi connectivity index (χ4v) is 2.06. The van der Waals surface area contributed by atoms with Crippen molar-refractivity contribution < 1.29 is 9.90 Å². The minimum Gasteiger partial charge on any atom is -0.396 e. The van der Waals surface area contributed by atoms with Gasteiger partial charge in [-0.1, -0.05) is 13.8 Å². The van der Waals surface area contributed by atoms with Gasteiger partial charge in [-0.3, -0.25) is 4.79 Å². The van der Waals surface area contributed by atoms with Gasteiger partial charge < -0.3 is 10.4 Å². The van der Waals surface area contributed by atoms with Gasteiger partial charge in [0.05, 0.1) is 6.61 Å². The van der Waals surface area contributed by atoms with Crippen LogP contribution in [0.4, 0.5) is 0 Å². The number of aliphatic hydroxyl groups is 1. The second kappa shape index (κ2) is 6.85. The minimum atomic E-state index is -0.222. The molecule has 1 aromatic heterocycles. The van der Waals surface area contributed by atoms with E-state index in [1.165, 1.54) is 0 Å². The first-order valence-electron chi connectivity index (χ1n) is 6.07. The lowest BCUT2D eigenvalue weighted by Gasteiger charge is -2.29. The van der Waals surface area contributed by atoms with Crippen LogP contribution in [0.15, 0.2) is 22.9 Å². The zero-order chi connectivity index (χ0) is 13.6. The number of carbonyl (C=O) groups is 1. The van der Waals surface area contributed by atoms with Crippen LogP contribution >= 0.6 is 15.9 Å². The highest BCUT2D eigenvalue weighted by Crippen LogP contribution is 2.24. The Kier molecular flexibility index (Phi) is 5.75. The molecule has 0 aliphatic heterocycles. The summed E-state index contributed by atoms with van der Waals surface area (Å²) in [5, 5.41) is 12.3. The third-order valence-corrected chi connectivity index (χ3v) is 3.88. The van der Waals surface area contributed by atoms with Gasteiger partial charge >= 0.3 is 0 Å². The summed E-state index contributed by atoms with van der Waals surface area (Å²) >= 11 is 3.23. The predicted octanol–water partition coefficient (Wildman–Crippen LogP) is 2.37. The topological polar surface area (TPSA) is 62.2 Å². The summed E-state index contributed by atoms with van der Waals surface area (Å²) in [5.74, 6) is -0.141. The summed E-state index contributed by atoms with van der Waals surface area (Å²) < 4.78 is 0.634. The molecule has 1 heterocycles. The molecule has 18 heavy (non-hydrogen) atoms. The fraction of sp³-hybridized carbons (Fsp3) is 0.538. The van der Waals surface area contributed by atoms with Gasteiger partial charge in [0, 0.05) is 23.7 Å². The highest BCUT2D eigenvalue weighted by atomic mass is 79.9. The van der Waals surface area contributed by atoms with Crippen molar-refractivity contribution in [2.45, 2.75) is 26.7 Å². The highest BCUT2D eigenvalue weighted by Gasteiger charge is 2.25. The largest absolute Gasteiger partial charge is 0.396 e. The summed E-state index contributed by atoms with van der Waals surface area (Å²) in [6, 6.07) is 3.34. The summed E-state index contributed by atoms with van der Waals surface area (Å²) in [5.41, 5.74) is 0.343. The monoisotopic (exact) mass is 314 g/mol. The normalized spacial score (nSPS) is 11.3. The number of hydrogen-bond donors (Lipinski definition) is 2. The van der Waals surface area contributed by atoms with Gasteiger partial charge in [-0.05, 0) is 40.9 Å². The molecule has 0 aromatic carbocycles. The average molecular weight is 315 g/mol. The third kappa shape index (κ3) is 3.78. The Morgan fingerprint density at radius 2 is 2.17 bits per heavy atom. The van der Waals surface area contributed by atoms with Crippen molar-refractivity contribution in [3.05, 3.63) is 28.5 Å². The minimum absolute atomic E-state index is 0.0837. The van der Waals surface area contributed by atoms with Crippen molar-refractivity contribution in [2.24, 2.45) is 5.41 Å². The molecular formula is C13H19BrN2O2. The van der Waals surface area contributed by atoms with E-state index in [0.717, 1.165) is 12.8 Å².